The predicted octanol–water partition coefficient (Wildman–Crippen LogP) is 4.95. The molecule has 23 heavy (non-hydrogen) atoms. The molecule has 0 spiro atoms. The van der Waals surface area contributed by atoms with Crippen LogP contribution in [0.1, 0.15) is 45.6 Å². The van der Waals surface area contributed by atoms with E-state index in [1.54, 1.807) is 0 Å². The Hall–Kier alpha value is -1.54. The Labute approximate surface area is 139 Å². The largest absolute Gasteiger partial charge is 0.508 e. The zero-order valence-corrected chi connectivity index (χ0v) is 14.5. The van der Waals surface area contributed by atoms with Crippen LogP contribution in [0, 0.1) is 10.8 Å². The average Bonchev–Trinajstić information content (AvgIpc) is 2.70. The second-order valence-corrected chi connectivity index (χ2v) is 8.90. The van der Waals surface area contributed by atoms with Crippen molar-refractivity contribution in [3.63, 3.8) is 0 Å². The number of nitrogens with zero attached hydrogens (tertiary/aromatic N) is 1. The Morgan fingerprint density at radius 3 is 2.70 bits per heavy atom. The Kier molecular flexibility index (Phi) is 3.25. The van der Waals surface area contributed by atoms with E-state index in [0.717, 1.165) is 18.7 Å². The van der Waals surface area contributed by atoms with Crippen LogP contribution >= 0.6 is 0 Å². The highest BCUT2D eigenvalue weighted by atomic mass is 16.3. The van der Waals surface area contributed by atoms with Crippen molar-refractivity contribution in [3.8, 4) is 5.75 Å². The van der Waals surface area contributed by atoms with E-state index in [9.17, 15) is 5.11 Å². The van der Waals surface area contributed by atoms with Crippen LogP contribution in [-0.2, 0) is 6.54 Å². The van der Waals surface area contributed by atoms with Crippen LogP contribution in [0.4, 0.5) is 0 Å². The number of hydrogen-bond donors (Lipinski definition) is 1. The number of likely N-dealkylation sites (tertiary alicyclic amines) is 1. The smallest absolute Gasteiger partial charge is 0.120 e. The maximum atomic E-state index is 10.4. The minimum atomic E-state index is 0.437. The van der Waals surface area contributed by atoms with E-state index in [1.165, 1.54) is 30.0 Å². The number of phenolic OH excluding ortho intramolecular Hbond substituents is 1. The zero-order chi connectivity index (χ0) is 16.2. The lowest BCUT2D eigenvalue weighted by Gasteiger charge is -2.40. The molecule has 1 heterocycles. The van der Waals surface area contributed by atoms with E-state index in [2.05, 4.69) is 49.9 Å². The van der Waals surface area contributed by atoms with Gasteiger partial charge in [0.1, 0.15) is 5.75 Å². The predicted molar refractivity (Wildman–Crippen MR) is 95.5 cm³/mol. The molecule has 2 nitrogen and oxygen atoms in total. The van der Waals surface area contributed by atoms with Crippen molar-refractivity contribution in [2.24, 2.45) is 10.8 Å². The van der Waals surface area contributed by atoms with Gasteiger partial charge in [0.05, 0.1) is 0 Å². The number of rotatable bonds is 2. The molecule has 0 amide bonds. The van der Waals surface area contributed by atoms with Crippen LogP contribution in [-0.4, -0.2) is 22.6 Å². The summed E-state index contributed by atoms with van der Waals surface area (Å²) < 4.78 is 0. The van der Waals surface area contributed by atoms with Gasteiger partial charge < -0.3 is 5.11 Å². The molecule has 1 aliphatic heterocycles. The molecule has 2 fully saturated rings. The molecule has 1 saturated heterocycles. The van der Waals surface area contributed by atoms with Gasteiger partial charge in [0.25, 0.3) is 0 Å². The quantitative estimate of drug-likeness (QED) is 0.849. The van der Waals surface area contributed by atoms with Crippen LogP contribution in [0.25, 0.3) is 10.8 Å². The molecule has 0 unspecified atom stereocenters. The third kappa shape index (κ3) is 2.63. The maximum Gasteiger partial charge on any atom is 0.120 e. The van der Waals surface area contributed by atoms with Crippen LogP contribution in [0.15, 0.2) is 36.4 Å². The van der Waals surface area contributed by atoms with Gasteiger partial charge in [-0.15, -0.1) is 0 Å². The molecular formula is C21H27NO. The summed E-state index contributed by atoms with van der Waals surface area (Å²) in [7, 11) is 0. The van der Waals surface area contributed by atoms with Gasteiger partial charge in [-0.25, -0.2) is 0 Å². The van der Waals surface area contributed by atoms with Gasteiger partial charge in [-0.05, 0) is 46.9 Å². The minimum absolute atomic E-state index is 0.437. The summed E-state index contributed by atoms with van der Waals surface area (Å²) in [5, 5.41) is 12.9. The van der Waals surface area contributed by atoms with Crippen molar-refractivity contribution >= 4 is 10.8 Å². The van der Waals surface area contributed by atoms with Crippen LogP contribution in [0.5, 0.6) is 5.75 Å². The highest BCUT2D eigenvalue weighted by Gasteiger charge is 2.49. The highest BCUT2D eigenvalue weighted by molar-refractivity contribution is 5.87. The van der Waals surface area contributed by atoms with E-state index < -0.39 is 0 Å². The summed E-state index contributed by atoms with van der Waals surface area (Å²) in [5.74, 6) is 0.439. The first kappa shape index (κ1) is 15.0. The standard InChI is InChI=1S/C21H27NO/c1-20(2)10-16-11-21(3,13-20)14-22(16)12-18-17-7-5-4-6-15(17)8-9-19(18)23/h4-9,16,23H,10-14H2,1-3H3/t16-,21+/m1/s1. The molecule has 4 rings (SSSR count). The SMILES string of the molecule is CC1(C)C[C@@H]2C[C@](C)(CN2Cc2c(O)ccc3ccccc23)C1. The fraction of sp³-hybridized carbons (Fsp3) is 0.524. The molecule has 2 aliphatic rings. The first-order valence-corrected chi connectivity index (χ1v) is 8.79. The summed E-state index contributed by atoms with van der Waals surface area (Å²) in [5.41, 5.74) is 1.97. The Morgan fingerprint density at radius 2 is 1.87 bits per heavy atom. The highest BCUT2D eigenvalue weighted by Crippen LogP contribution is 2.53. The van der Waals surface area contributed by atoms with Crippen LogP contribution in [0.3, 0.4) is 0 Å². The molecule has 2 atom stereocenters. The van der Waals surface area contributed by atoms with Crippen molar-refractivity contribution in [1.29, 1.82) is 0 Å². The van der Waals surface area contributed by atoms with Crippen molar-refractivity contribution in [1.82, 2.24) is 4.90 Å². The van der Waals surface area contributed by atoms with Gasteiger partial charge in [0.15, 0.2) is 0 Å². The summed E-state index contributed by atoms with van der Waals surface area (Å²) in [6, 6.07) is 12.9. The van der Waals surface area contributed by atoms with Crippen molar-refractivity contribution in [3.05, 3.63) is 42.0 Å². The molecular weight excluding hydrogens is 282 g/mol. The molecule has 0 radical (unpaired) electrons. The van der Waals surface area contributed by atoms with Gasteiger partial charge in [-0.1, -0.05) is 51.1 Å². The van der Waals surface area contributed by atoms with Gasteiger partial charge in [0, 0.05) is 24.7 Å². The van der Waals surface area contributed by atoms with E-state index >= 15 is 0 Å². The number of benzene rings is 2. The van der Waals surface area contributed by atoms with Gasteiger partial charge in [-0.3, -0.25) is 4.90 Å². The third-order valence-corrected chi connectivity index (χ3v) is 5.90. The summed E-state index contributed by atoms with van der Waals surface area (Å²) >= 11 is 0. The second kappa shape index (κ2) is 4.98. The van der Waals surface area contributed by atoms with E-state index in [1.807, 2.05) is 12.1 Å². The Morgan fingerprint density at radius 1 is 1.09 bits per heavy atom. The lowest BCUT2D eigenvalue weighted by atomic mass is 9.65. The molecule has 2 bridgehead atoms. The second-order valence-electron chi connectivity index (χ2n) is 8.90. The first-order chi connectivity index (χ1) is 10.9. The summed E-state index contributed by atoms with van der Waals surface area (Å²) in [6.07, 6.45) is 3.89. The Balaban J connectivity index is 1.68. The molecule has 2 aromatic rings. The van der Waals surface area contributed by atoms with Gasteiger partial charge in [0.2, 0.25) is 0 Å². The average molecular weight is 309 g/mol. The molecule has 0 aromatic heterocycles. The molecule has 122 valence electrons. The normalized spacial score (nSPS) is 30.0. The third-order valence-electron chi connectivity index (χ3n) is 5.90. The molecule has 1 aliphatic carbocycles. The first-order valence-electron chi connectivity index (χ1n) is 8.79. The van der Waals surface area contributed by atoms with Crippen LogP contribution < -0.4 is 0 Å². The Bertz CT molecular complexity index is 751. The van der Waals surface area contributed by atoms with Gasteiger partial charge >= 0.3 is 0 Å². The van der Waals surface area contributed by atoms with Crippen molar-refractivity contribution in [2.75, 3.05) is 6.54 Å². The number of fused-ring (bicyclic) bond motifs is 3. The number of hydrogen-bond acceptors (Lipinski definition) is 2. The minimum Gasteiger partial charge on any atom is -0.508 e. The van der Waals surface area contributed by atoms with E-state index in [-0.39, 0.29) is 0 Å². The number of phenols is 1. The fourth-order valence-electron chi connectivity index (χ4n) is 5.46. The van der Waals surface area contributed by atoms with Crippen molar-refractivity contribution in [2.45, 2.75) is 52.6 Å². The van der Waals surface area contributed by atoms with Crippen LogP contribution in [0.2, 0.25) is 0 Å². The molecule has 2 aromatic carbocycles. The lowest BCUT2D eigenvalue weighted by Crippen LogP contribution is -2.34. The van der Waals surface area contributed by atoms with Gasteiger partial charge in [-0.2, -0.15) is 0 Å². The number of aromatic hydroxyl groups is 1. The van der Waals surface area contributed by atoms with E-state index in [4.69, 9.17) is 0 Å². The fourth-order valence-corrected chi connectivity index (χ4v) is 5.46. The monoisotopic (exact) mass is 309 g/mol. The summed E-state index contributed by atoms with van der Waals surface area (Å²) in [4.78, 5) is 2.62. The van der Waals surface area contributed by atoms with E-state index in [0.29, 0.717) is 22.6 Å². The topological polar surface area (TPSA) is 23.5 Å². The zero-order valence-electron chi connectivity index (χ0n) is 14.5. The molecule has 2 heteroatoms. The summed E-state index contributed by atoms with van der Waals surface area (Å²) in [6.45, 7) is 9.30. The molecule has 1 saturated carbocycles. The lowest BCUT2D eigenvalue weighted by molar-refractivity contribution is 0.126. The maximum absolute atomic E-state index is 10.4. The van der Waals surface area contributed by atoms with Crippen molar-refractivity contribution < 1.29 is 5.11 Å². The molecule has 1 N–H and O–H groups in total.